The number of amides is 1. The van der Waals surface area contributed by atoms with E-state index in [2.05, 4.69) is 0 Å². The van der Waals surface area contributed by atoms with E-state index in [-0.39, 0.29) is 12.5 Å². The van der Waals surface area contributed by atoms with Crippen molar-refractivity contribution in [2.45, 2.75) is 6.54 Å². The standard InChI is InChI=1S/C10H9BN2O3/c12-3-4-13-6-7-5-8(11(15)16)1-2-9(7)10(13)14/h1-2,5,15-16H,4,6H2. The van der Waals surface area contributed by atoms with Crippen LogP contribution in [0, 0.1) is 11.3 Å². The molecule has 1 aliphatic heterocycles. The molecule has 0 spiro atoms. The number of nitrogens with zero attached hydrogens (tertiary/aromatic N) is 2. The first-order chi connectivity index (χ1) is 7.63. The van der Waals surface area contributed by atoms with Crippen molar-refractivity contribution in [2.75, 3.05) is 6.54 Å². The lowest BCUT2D eigenvalue weighted by molar-refractivity contribution is 0.0798. The maximum absolute atomic E-state index is 11.7. The fraction of sp³-hybridized carbons (Fsp3) is 0.200. The van der Waals surface area contributed by atoms with E-state index in [1.165, 1.54) is 11.0 Å². The summed E-state index contributed by atoms with van der Waals surface area (Å²) < 4.78 is 0. The first-order valence-corrected chi connectivity index (χ1v) is 4.78. The Morgan fingerprint density at radius 1 is 1.50 bits per heavy atom. The Balaban J connectivity index is 2.34. The molecule has 1 heterocycles. The Labute approximate surface area is 92.7 Å². The normalized spacial score (nSPS) is 13.6. The number of carbonyl (C=O) groups excluding carboxylic acids is 1. The molecule has 1 aromatic carbocycles. The first-order valence-electron chi connectivity index (χ1n) is 4.78. The van der Waals surface area contributed by atoms with Gasteiger partial charge in [-0.25, -0.2) is 0 Å². The predicted molar refractivity (Wildman–Crippen MR) is 56.6 cm³/mol. The van der Waals surface area contributed by atoms with Gasteiger partial charge in [0, 0.05) is 12.1 Å². The Bertz CT molecular complexity index is 481. The average Bonchev–Trinajstić information content (AvgIpc) is 2.56. The van der Waals surface area contributed by atoms with Crippen molar-refractivity contribution in [1.82, 2.24) is 4.90 Å². The van der Waals surface area contributed by atoms with Crippen LogP contribution in [-0.4, -0.2) is 34.5 Å². The lowest BCUT2D eigenvalue weighted by atomic mass is 9.79. The molecule has 0 bridgehead atoms. The maximum atomic E-state index is 11.7. The summed E-state index contributed by atoms with van der Waals surface area (Å²) in [5.41, 5.74) is 1.61. The lowest BCUT2D eigenvalue weighted by Gasteiger charge is -2.08. The van der Waals surface area contributed by atoms with Crippen molar-refractivity contribution in [3.8, 4) is 6.07 Å². The molecule has 16 heavy (non-hydrogen) atoms. The molecule has 1 aromatic rings. The van der Waals surface area contributed by atoms with Gasteiger partial charge in [-0.15, -0.1) is 0 Å². The zero-order valence-electron chi connectivity index (χ0n) is 8.42. The van der Waals surface area contributed by atoms with E-state index in [4.69, 9.17) is 15.3 Å². The molecular formula is C10H9BN2O3. The smallest absolute Gasteiger partial charge is 0.423 e. The molecule has 80 valence electrons. The van der Waals surface area contributed by atoms with Crippen LogP contribution in [0.15, 0.2) is 18.2 Å². The quantitative estimate of drug-likeness (QED) is 0.482. The van der Waals surface area contributed by atoms with E-state index in [0.717, 1.165) is 5.56 Å². The van der Waals surface area contributed by atoms with Crippen LogP contribution in [0.1, 0.15) is 15.9 Å². The van der Waals surface area contributed by atoms with Gasteiger partial charge in [0.25, 0.3) is 5.91 Å². The number of hydrogen-bond donors (Lipinski definition) is 2. The highest BCUT2D eigenvalue weighted by Gasteiger charge is 2.28. The number of fused-ring (bicyclic) bond motifs is 1. The van der Waals surface area contributed by atoms with Crippen LogP contribution in [0.25, 0.3) is 0 Å². The van der Waals surface area contributed by atoms with E-state index < -0.39 is 7.12 Å². The van der Waals surface area contributed by atoms with Gasteiger partial charge in [-0.2, -0.15) is 5.26 Å². The summed E-state index contributed by atoms with van der Waals surface area (Å²) in [4.78, 5) is 13.1. The molecule has 5 nitrogen and oxygen atoms in total. The number of carbonyl (C=O) groups is 1. The minimum atomic E-state index is -1.54. The topological polar surface area (TPSA) is 84.6 Å². The van der Waals surface area contributed by atoms with Crippen LogP contribution < -0.4 is 5.46 Å². The van der Waals surface area contributed by atoms with Gasteiger partial charge in [-0.3, -0.25) is 4.79 Å². The second-order valence-corrected chi connectivity index (χ2v) is 3.61. The van der Waals surface area contributed by atoms with Crippen LogP contribution in [0.2, 0.25) is 0 Å². The second kappa shape index (κ2) is 3.97. The molecule has 1 aliphatic rings. The van der Waals surface area contributed by atoms with Crippen molar-refractivity contribution in [1.29, 1.82) is 5.26 Å². The molecule has 0 fully saturated rings. The molecule has 2 N–H and O–H groups in total. The molecule has 6 heteroatoms. The minimum absolute atomic E-state index is 0.0462. The zero-order valence-corrected chi connectivity index (χ0v) is 8.42. The second-order valence-electron chi connectivity index (χ2n) is 3.61. The summed E-state index contributed by atoms with van der Waals surface area (Å²) in [6.45, 7) is 0.396. The summed E-state index contributed by atoms with van der Waals surface area (Å²) in [6.07, 6.45) is 0. The molecule has 0 aromatic heterocycles. The Kier molecular flexibility index (Phi) is 2.65. The van der Waals surface area contributed by atoms with Gasteiger partial charge in [0.15, 0.2) is 0 Å². The molecule has 0 saturated heterocycles. The van der Waals surface area contributed by atoms with E-state index in [0.29, 0.717) is 17.6 Å². The minimum Gasteiger partial charge on any atom is -0.423 e. The summed E-state index contributed by atoms with van der Waals surface area (Å²) in [6, 6.07) is 6.55. The van der Waals surface area contributed by atoms with Crippen LogP contribution in [-0.2, 0) is 6.54 Å². The van der Waals surface area contributed by atoms with E-state index in [1.807, 2.05) is 6.07 Å². The molecule has 0 atom stereocenters. The molecule has 1 amide bonds. The lowest BCUT2D eigenvalue weighted by Crippen LogP contribution is -2.30. The monoisotopic (exact) mass is 216 g/mol. The van der Waals surface area contributed by atoms with Crippen molar-refractivity contribution in [3.63, 3.8) is 0 Å². The number of hydrogen-bond acceptors (Lipinski definition) is 4. The van der Waals surface area contributed by atoms with Crippen molar-refractivity contribution in [2.24, 2.45) is 0 Å². The predicted octanol–water partition coefficient (Wildman–Crippen LogP) is -1.15. The highest BCUT2D eigenvalue weighted by atomic mass is 16.4. The van der Waals surface area contributed by atoms with Crippen LogP contribution >= 0.6 is 0 Å². The third kappa shape index (κ3) is 1.67. The van der Waals surface area contributed by atoms with Crippen molar-refractivity contribution in [3.05, 3.63) is 29.3 Å². The number of nitriles is 1. The van der Waals surface area contributed by atoms with E-state index in [9.17, 15) is 4.79 Å². The van der Waals surface area contributed by atoms with Crippen LogP contribution in [0.3, 0.4) is 0 Å². The van der Waals surface area contributed by atoms with Gasteiger partial charge < -0.3 is 14.9 Å². The molecule has 2 rings (SSSR count). The van der Waals surface area contributed by atoms with Crippen LogP contribution in [0.4, 0.5) is 0 Å². The van der Waals surface area contributed by atoms with Gasteiger partial charge in [0.1, 0.15) is 6.54 Å². The molecule has 0 saturated carbocycles. The van der Waals surface area contributed by atoms with Gasteiger partial charge in [-0.05, 0) is 17.1 Å². The largest absolute Gasteiger partial charge is 0.488 e. The highest BCUT2D eigenvalue weighted by Crippen LogP contribution is 2.21. The van der Waals surface area contributed by atoms with Gasteiger partial charge in [0.05, 0.1) is 6.07 Å². The van der Waals surface area contributed by atoms with Gasteiger partial charge >= 0.3 is 7.12 Å². The molecular weight excluding hydrogens is 207 g/mol. The highest BCUT2D eigenvalue weighted by molar-refractivity contribution is 6.58. The fourth-order valence-corrected chi connectivity index (χ4v) is 1.77. The van der Waals surface area contributed by atoms with Gasteiger partial charge in [0.2, 0.25) is 0 Å². The third-order valence-corrected chi connectivity index (χ3v) is 2.57. The van der Waals surface area contributed by atoms with Gasteiger partial charge in [-0.1, -0.05) is 12.1 Å². The molecule has 0 radical (unpaired) electrons. The zero-order chi connectivity index (χ0) is 11.7. The summed E-state index contributed by atoms with van der Waals surface area (Å²) in [5, 5.41) is 26.5. The summed E-state index contributed by atoms with van der Waals surface area (Å²) in [7, 11) is -1.54. The first kappa shape index (κ1) is 10.7. The summed E-state index contributed by atoms with van der Waals surface area (Å²) >= 11 is 0. The van der Waals surface area contributed by atoms with E-state index in [1.54, 1.807) is 12.1 Å². The fourth-order valence-electron chi connectivity index (χ4n) is 1.77. The Morgan fingerprint density at radius 3 is 2.88 bits per heavy atom. The maximum Gasteiger partial charge on any atom is 0.488 e. The third-order valence-electron chi connectivity index (χ3n) is 2.57. The Morgan fingerprint density at radius 2 is 2.25 bits per heavy atom. The molecule has 0 unspecified atom stereocenters. The number of rotatable bonds is 2. The van der Waals surface area contributed by atoms with Crippen molar-refractivity contribution >= 4 is 18.5 Å². The molecule has 0 aliphatic carbocycles. The van der Waals surface area contributed by atoms with Crippen LogP contribution in [0.5, 0.6) is 0 Å². The van der Waals surface area contributed by atoms with Crippen molar-refractivity contribution < 1.29 is 14.8 Å². The Hall–Kier alpha value is -1.84. The van der Waals surface area contributed by atoms with E-state index >= 15 is 0 Å². The number of benzene rings is 1. The average molecular weight is 216 g/mol. The summed E-state index contributed by atoms with van der Waals surface area (Å²) in [5.74, 6) is -0.185. The SMILES string of the molecule is N#CCN1Cc2cc(B(O)O)ccc2C1=O.